The lowest BCUT2D eigenvalue weighted by molar-refractivity contribution is -0.193. The molecule has 8 aliphatic rings. The molecule has 14 nitrogen and oxygen atoms in total. The molecule has 3 aromatic rings. The van der Waals surface area contributed by atoms with E-state index >= 15 is 0 Å². The molecule has 0 spiro atoms. The second-order valence-corrected chi connectivity index (χ2v) is 20.0. The first-order chi connectivity index (χ1) is 34.5. The third-order valence-corrected chi connectivity index (χ3v) is 14.7. The third kappa shape index (κ3) is 18.6. The number of carboxylic acid groups (broad SMARTS) is 1. The van der Waals surface area contributed by atoms with Crippen LogP contribution < -0.4 is 0 Å². The van der Waals surface area contributed by atoms with Crippen LogP contribution in [0.4, 0.5) is 0 Å². The quantitative estimate of drug-likeness (QED) is 0.114. The van der Waals surface area contributed by atoms with Gasteiger partial charge in [-0.15, -0.1) is 0 Å². The summed E-state index contributed by atoms with van der Waals surface area (Å²) in [4.78, 5) is 59.6. The van der Waals surface area contributed by atoms with E-state index in [4.69, 9.17) is 38.3 Å². The monoisotopic (exact) mass is 1160 g/mol. The number of aliphatic carboxylic acids is 1. The molecule has 0 aromatic heterocycles. The Kier molecular flexibility index (Phi) is 30.6. The predicted octanol–water partition coefficient (Wildman–Crippen LogP) is 11.4. The maximum Gasteiger partial charge on any atom is 0.351 e. The molecule has 0 amide bonds. The van der Waals surface area contributed by atoms with Gasteiger partial charge in [0.15, 0.2) is 17.0 Å². The van der Waals surface area contributed by atoms with Crippen molar-refractivity contribution in [1.82, 2.24) is 0 Å². The number of aliphatic hydroxyl groups is 1. The molecule has 4 heterocycles. The van der Waals surface area contributed by atoms with Crippen LogP contribution in [0.1, 0.15) is 142 Å². The van der Waals surface area contributed by atoms with Gasteiger partial charge in [0.2, 0.25) is 11.2 Å². The zero-order valence-corrected chi connectivity index (χ0v) is 46.5. The van der Waals surface area contributed by atoms with E-state index in [2.05, 4.69) is 0 Å². The summed E-state index contributed by atoms with van der Waals surface area (Å²) in [5, 5.41) is 18.6. The highest BCUT2D eigenvalue weighted by Gasteiger charge is 2.57. The minimum absolute atomic E-state index is 0. The van der Waals surface area contributed by atoms with Gasteiger partial charge in [-0.2, -0.15) is 54.0 Å². The van der Waals surface area contributed by atoms with Crippen LogP contribution in [-0.4, -0.2) is 81.6 Å². The van der Waals surface area contributed by atoms with Crippen molar-refractivity contribution in [2.24, 2.45) is 23.7 Å². The number of esters is 3. The van der Waals surface area contributed by atoms with Gasteiger partial charge in [0.25, 0.3) is 0 Å². The van der Waals surface area contributed by atoms with Gasteiger partial charge in [-0.1, -0.05) is 113 Å². The number of aliphatic hydroxyl groups excluding tert-OH is 1. The number of carbonyl (C=O) groups excluding carboxylic acids is 4. The van der Waals surface area contributed by atoms with Gasteiger partial charge in [0, 0.05) is 31.1 Å². The molecular weight excluding hydrogens is 1070 g/mol. The summed E-state index contributed by atoms with van der Waals surface area (Å²) in [5.41, 5.74) is -0.343. The molecular formula is C60H88O14S4. The van der Waals surface area contributed by atoms with Gasteiger partial charge in [0.1, 0.15) is 26.4 Å². The maximum atomic E-state index is 12.5. The van der Waals surface area contributed by atoms with Crippen molar-refractivity contribution in [3.05, 3.63) is 132 Å². The fraction of sp³-hybridized carbons (Fsp3) is 0.550. The molecule has 11 rings (SSSR count). The summed E-state index contributed by atoms with van der Waals surface area (Å²) in [6, 6.07) is 29.0. The summed E-state index contributed by atoms with van der Waals surface area (Å²) in [6.07, 6.45) is 19.8. The largest absolute Gasteiger partial charge is 0.483 e. The van der Waals surface area contributed by atoms with Gasteiger partial charge in [0.05, 0.1) is 25.2 Å². The Hall–Kier alpha value is -4.43. The number of ether oxygens (including phenoxy) is 7. The first-order valence-corrected chi connectivity index (χ1v) is 25.5. The topological polar surface area (TPSA) is 190 Å². The first-order valence-electron chi connectivity index (χ1n) is 25.5. The second kappa shape index (κ2) is 33.4. The van der Waals surface area contributed by atoms with Crippen LogP contribution in [0.3, 0.4) is 0 Å². The van der Waals surface area contributed by atoms with E-state index in [1.807, 2.05) is 103 Å². The fourth-order valence-corrected chi connectivity index (χ4v) is 9.93. The fourth-order valence-electron chi connectivity index (χ4n) is 9.93. The average Bonchev–Trinajstić information content (AvgIpc) is 4.19. The number of rotatable bonds is 14. The van der Waals surface area contributed by atoms with Crippen LogP contribution in [0.5, 0.6) is 0 Å². The Morgan fingerprint density at radius 1 is 0.487 bits per heavy atom. The summed E-state index contributed by atoms with van der Waals surface area (Å²) < 4.78 is 38.7. The van der Waals surface area contributed by atoms with Crippen molar-refractivity contribution in [1.29, 1.82) is 0 Å². The molecule has 1 unspecified atom stereocenters. The summed E-state index contributed by atoms with van der Waals surface area (Å²) in [6.45, 7) is 1.13. The Morgan fingerprint density at radius 3 is 1.17 bits per heavy atom. The van der Waals surface area contributed by atoms with Crippen molar-refractivity contribution < 1.29 is 67.3 Å². The lowest BCUT2D eigenvalue weighted by Gasteiger charge is -2.37. The number of carboxylic acids is 1. The Morgan fingerprint density at radius 2 is 0.846 bits per heavy atom. The van der Waals surface area contributed by atoms with E-state index in [0.717, 1.165) is 87.3 Å². The molecule has 4 aliphatic carbocycles. The van der Waals surface area contributed by atoms with E-state index < -0.39 is 34.5 Å². The number of benzene rings is 3. The Labute approximate surface area is 490 Å². The highest BCUT2D eigenvalue weighted by atomic mass is 32.1. The van der Waals surface area contributed by atoms with Gasteiger partial charge < -0.3 is 43.4 Å². The molecule has 78 heavy (non-hydrogen) atoms. The molecule has 2 saturated heterocycles. The SMILES string of the molecule is C.C.C.O=C(O)[C@@]1(C2CC2)CCC=CO1.O=C(OCc1ccccc1)[C@@]1(C2CC2)CCC(O)CO1.O=C(OCc1ccccc1)[C@@]1(C2CC2)CCC=CO1.O=C1CC[C@@](C(=O)OCc2ccccc2)(C2CC2)OC1.S.S.S.S. The first kappa shape index (κ1) is 71.6. The molecule has 0 bridgehead atoms. The van der Waals surface area contributed by atoms with Crippen molar-refractivity contribution in [2.45, 2.75) is 173 Å². The molecule has 18 heteroatoms. The number of ketones is 1. The molecule has 0 radical (unpaired) electrons. The molecule has 6 fully saturated rings. The Bertz CT molecular complexity index is 2320. The van der Waals surface area contributed by atoms with E-state index in [9.17, 15) is 29.1 Å². The maximum absolute atomic E-state index is 12.5. The third-order valence-electron chi connectivity index (χ3n) is 14.7. The summed E-state index contributed by atoms with van der Waals surface area (Å²) in [5.74, 6) is -0.445. The number of hydrogen-bond acceptors (Lipinski definition) is 13. The molecule has 4 aliphatic heterocycles. The molecule has 4 saturated carbocycles. The number of Topliss-reactive ketones (excluding diaryl/α,β-unsaturated/α-hetero) is 1. The molecule has 436 valence electrons. The van der Waals surface area contributed by atoms with Crippen molar-refractivity contribution in [2.75, 3.05) is 13.2 Å². The lowest BCUT2D eigenvalue weighted by atomic mass is 9.88. The van der Waals surface area contributed by atoms with Crippen molar-refractivity contribution in [3.8, 4) is 0 Å². The molecule has 2 N–H and O–H groups in total. The van der Waals surface area contributed by atoms with Crippen LogP contribution >= 0.6 is 54.0 Å². The van der Waals surface area contributed by atoms with Crippen LogP contribution in [0.25, 0.3) is 0 Å². The van der Waals surface area contributed by atoms with E-state index in [1.165, 1.54) is 6.26 Å². The van der Waals surface area contributed by atoms with Crippen LogP contribution in [0, 0.1) is 23.7 Å². The second-order valence-electron chi connectivity index (χ2n) is 20.0. The normalized spacial score (nSPS) is 26.0. The zero-order valence-electron chi connectivity index (χ0n) is 42.5. The minimum Gasteiger partial charge on any atom is -0.483 e. The van der Waals surface area contributed by atoms with Crippen molar-refractivity contribution in [3.63, 3.8) is 0 Å². The van der Waals surface area contributed by atoms with Gasteiger partial charge in [-0.3, -0.25) is 4.79 Å². The standard InChI is InChI=1S/C16H20O4.C16H18O4.C16H18O3.C9H12O3.3CH4.4H2S/c2*17-14-8-9-16(20-11-14,13-6-7-13)15(18)19-10-12-4-2-1-3-5-12;17-15(18-12-13-6-2-1-3-7-13)16(14-8-9-14)10-4-5-11-19-16;10-8(11)9(7-3-4-7)5-1-2-6-12-9;;;;;;;/h1-5,13-14,17H,6-11H2;1-5,13H,6-11H2;1-3,5-7,11,14H,4,8-10,12H2;2,6-7H,1,3-5H2,(H,10,11);3*1H4;4*1H2/t14?,16-;2*16-;9-;;;;;;;/m0000......./s1. The molecule has 3 aromatic carbocycles. The smallest absolute Gasteiger partial charge is 0.351 e. The van der Waals surface area contributed by atoms with Gasteiger partial charge >= 0.3 is 23.9 Å². The van der Waals surface area contributed by atoms with Crippen LogP contribution in [-0.2, 0) is 77.0 Å². The van der Waals surface area contributed by atoms with E-state index in [-0.39, 0.29) is 144 Å². The predicted molar refractivity (Wildman–Crippen MR) is 320 cm³/mol. The van der Waals surface area contributed by atoms with Gasteiger partial charge in [-0.05, 0) is 124 Å². The zero-order chi connectivity index (χ0) is 49.7. The molecule has 5 atom stereocenters. The summed E-state index contributed by atoms with van der Waals surface area (Å²) >= 11 is 0. The average molecular weight is 1160 g/mol. The number of allylic oxidation sites excluding steroid dienone is 2. The van der Waals surface area contributed by atoms with Crippen LogP contribution in [0.2, 0.25) is 0 Å². The number of hydrogen-bond donors (Lipinski definition) is 2. The highest BCUT2D eigenvalue weighted by Crippen LogP contribution is 2.50. The van der Waals surface area contributed by atoms with E-state index in [0.29, 0.717) is 44.6 Å². The summed E-state index contributed by atoms with van der Waals surface area (Å²) in [7, 11) is 0. The Balaban J connectivity index is 0.000000511. The van der Waals surface area contributed by atoms with E-state index in [1.54, 1.807) is 6.26 Å². The minimum atomic E-state index is -0.880. The van der Waals surface area contributed by atoms with Gasteiger partial charge in [-0.25, -0.2) is 19.2 Å². The van der Waals surface area contributed by atoms with Crippen molar-refractivity contribution >= 4 is 83.6 Å². The number of carbonyl (C=O) groups is 5. The van der Waals surface area contributed by atoms with Crippen LogP contribution in [0.15, 0.2) is 116 Å². The lowest BCUT2D eigenvalue weighted by Crippen LogP contribution is -2.50. The highest BCUT2D eigenvalue weighted by molar-refractivity contribution is 7.59.